The minimum atomic E-state index is -0.565. The Morgan fingerprint density at radius 2 is 1.71 bits per heavy atom. The van der Waals surface area contributed by atoms with Crippen LogP contribution in [0.25, 0.3) is 0 Å². The molecule has 1 unspecified atom stereocenters. The zero-order valence-electron chi connectivity index (χ0n) is 14.4. The molecule has 1 aliphatic carbocycles. The van der Waals surface area contributed by atoms with Crippen molar-refractivity contribution in [3.63, 3.8) is 0 Å². The van der Waals surface area contributed by atoms with Crippen molar-refractivity contribution in [1.29, 1.82) is 0 Å². The summed E-state index contributed by atoms with van der Waals surface area (Å²) in [6, 6.07) is 0.501. The summed E-state index contributed by atoms with van der Waals surface area (Å²) >= 11 is 0. The molecule has 0 spiro atoms. The number of rotatable bonds is 5. The first-order valence-corrected chi connectivity index (χ1v) is 8.33. The Labute approximate surface area is 129 Å². The lowest BCUT2D eigenvalue weighted by Gasteiger charge is -2.41. The number of hydrogen-bond donors (Lipinski definition) is 1. The fourth-order valence-electron chi connectivity index (χ4n) is 3.48. The van der Waals surface area contributed by atoms with Crippen molar-refractivity contribution in [2.24, 2.45) is 11.3 Å². The predicted molar refractivity (Wildman–Crippen MR) is 85.2 cm³/mol. The minimum absolute atomic E-state index is 0.132. The third-order valence-electron chi connectivity index (χ3n) is 5.09. The van der Waals surface area contributed by atoms with Gasteiger partial charge in [-0.15, -0.1) is 0 Å². The molecule has 2 rings (SSSR count). The number of piperidine rings is 1. The van der Waals surface area contributed by atoms with E-state index in [1.807, 2.05) is 6.92 Å². The van der Waals surface area contributed by atoms with Gasteiger partial charge in [0.05, 0.1) is 7.11 Å². The zero-order valence-corrected chi connectivity index (χ0v) is 14.4. The largest absolute Gasteiger partial charge is 0.468 e. The van der Waals surface area contributed by atoms with Gasteiger partial charge in [-0.1, -0.05) is 20.8 Å². The summed E-state index contributed by atoms with van der Waals surface area (Å²) in [7, 11) is 1.49. The molecule has 21 heavy (non-hydrogen) atoms. The van der Waals surface area contributed by atoms with Crippen molar-refractivity contribution in [1.82, 2.24) is 10.2 Å². The van der Waals surface area contributed by atoms with E-state index in [-0.39, 0.29) is 5.97 Å². The molecule has 122 valence electrons. The highest BCUT2D eigenvalue weighted by atomic mass is 16.5. The summed E-state index contributed by atoms with van der Waals surface area (Å²) < 4.78 is 5.03. The number of esters is 1. The number of hydrogen-bond acceptors (Lipinski definition) is 4. The molecule has 0 radical (unpaired) electrons. The number of carbonyl (C=O) groups excluding carboxylic acids is 1. The smallest absolute Gasteiger partial charge is 0.327 e. The summed E-state index contributed by atoms with van der Waals surface area (Å²) in [5.41, 5.74) is -0.172. The third kappa shape index (κ3) is 4.43. The summed E-state index contributed by atoms with van der Waals surface area (Å²) in [6.45, 7) is 11.9. The highest BCUT2D eigenvalue weighted by molar-refractivity contribution is 5.80. The summed E-state index contributed by atoms with van der Waals surface area (Å²) in [4.78, 5) is 14.6. The molecule has 4 heteroatoms. The summed E-state index contributed by atoms with van der Waals surface area (Å²) in [5, 5.41) is 3.49. The van der Waals surface area contributed by atoms with E-state index >= 15 is 0 Å². The number of ether oxygens (including phenoxy) is 1. The van der Waals surface area contributed by atoms with Gasteiger partial charge in [-0.3, -0.25) is 10.1 Å². The van der Waals surface area contributed by atoms with Crippen LogP contribution in [0.1, 0.15) is 53.4 Å². The second-order valence-corrected chi connectivity index (χ2v) is 8.16. The highest BCUT2D eigenvalue weighted by Gasteiger charge is 2.41. The van der Waals surface area contributed by atoms with Crippen molar-refractivity contribution in [2.45, 2.75) is 65.0 Å². The van der Waals surface area contributed by atoms with Crippen molar-refractivity contribution in [3.05, 3.63) is 0 Å². The Morgan fingerprint density at radius 1 is 1.14 bits per heavy atom. The van der Waals surface area contributed by atoms with Crippen LogP contribution in [0.2, 0.25) is 0 Å². The molecule has 1 saturated carbocycles. The van der Waals surface area contributed by atoms with Crippen LogP contribution in [0.3, 0.4) is 0 Å². The molecule has 0 bridgehead atoms. The summed E-state index contributed by atoms with van der Waals surface area (Å²) in [5.74, 6) is 0.655. The SMILES string of the molecule is COC(=O)C(C)(CN1CCC(C(C)(C)C)CC1)NC1CC1. The van der Waals surface area contributed by atoms with Gasteiger partial charge in [0.25, 0.3) is 0 Å². The van der Waals surface area contributed by atoms with Crippen molar-refractivity contribution < 1.29 is 9.53 Å². The monoisotopic (exact) mass is 296 g/mol. The fourth-order valence-corrected chi connectivity index (χ4v) is 3.48. The van der Waals surface area contributed by atoms with Crippen LogP contribution in [-0.4, -0.2) is 49.2 Å². The molecule has 2 aliphatic rings. The van der Waals surface area contributed by atoms with E-state index in [2.05, 4.69) is 31.0 Å². The van der Waals surface area contributed by atoms with E-state index in [1.54, 1.807) is 0 Å². The first-order valence-electron chi connectivity index (χ1n) is 8.33. The van der Waals surface area contributed by atoms with Crippen LogP contribution in [-0.2, 0) is 9.53 Å². The number of likely N-dealkylation sites (tertiary alicyclic amines) is 1. The Bertz CT molecular complexity index is 365. The van der Waals surface area contributed by atoms with Crippen LogP contribution in [0.15, 0.2) is 0 Å². The minimum Gasteiger partial charge on any atom is -0.468 e. The highest BCUT2D eigenvalue weighted by Crippen LogP contribution is 2.34. The average molecular weight is 296 g/mol. The van der Waals surface area contributed by atoms with E-state index < -0.39 is 5.54 Å². The van der Waals surface area contributed by atoms with Gasteiger partial charge in [-0.25, -0.2) is 0 Å². The number of nitrogens with zero attached hydrogens (tertiary/aromatic N) is 1. The zero-order chi connectivity index (χ0) is 15.7. The molecule has 1 atom stereocenters. The molecule has 2 fully saturated rings. The van der Waals surface area contributed by atoms with Crippen molar-refractivity contribution in [2.75, 3.05) is 26.7 Å². The first kappa shape index (κ1) is 16.8. The maximum absolute atomic E-state index is 12.2. The van der Waals surface area contributed by atoms with Crippen LogP contribution < -0.4 is 5.32 Å². The van der Waals surface area contributed by atoms with E-state index in [9.17, 15) is 4.79 Å². The van der Waals surface area contributed by atoms with Crippen LogP contribution in [0.4, 0.5) is 0 Å². The topological polar surface area (TPSA) is 41.6 Å². The molecule has 0 amide bonds. The molecule has 4 nitrogen and oxygen atoms in total. The molecule has 0 aromatic heterocycles. The van der Waals surface area contributed by atoms with Gasteiger partial charge in [-0.05, 0) is 57.0 Å². The Morgan fingerprint density at radius 3 is 2.14 bits per heavy atom. The van der Waals surface area contributed by atoms with Crippen LogP contribution in [0, 0.1) is 11.3 Å². The molecule has 0 aromatic rings. The Hall–Kier alpha value is -0.610. The summed E-state index contributed by atoms with van der Waals surface area (Å²) in [6.07, 6.45) is 4.81. The van der Waals surface area contributed by atoms with E-state index in [0.29, 0.717) is 11.5 Å². The lowest BCUT2D eigenvalue weighted by Crippen LogP contribution is -2.59. The first-order chi connectivity index (χ1) is 9.74. The van der Waals surface area contributed by atoms with Crippen LogP contribution in [0.5, 0.6) is 0 Å². The Kier molecular flexibility index (Phi) is 4.99. The molecule has 1 saturated heterocycles. The van der Waals surface area contributed by atoms with Gasteiger partial charge in [0, 0.05) is 12.6 Å². The standard InChI is InChI=1S/C17H32N2O2/c1-16(2,3)13-8-10-19(11-9-13)12-17(4,15(20)21-5)18-14-6-7-14/h13-14,18H,6-12H2,1-5H3. The molecule has 1 aliphatic heterocycles. The van der Waals surface area contributed by atoms with E-state index in [1.165, 1.54) is 32.8 Å². The van der Waals surface area contributed by atoms with Gasteiger partial charge in [0.2, 0.25) is 0 Å². The van der Waals surface area contributed by atoms with E-state index in [0.717, 1.165) is 25.6 Å². The van der Waals surface area contributed by atoms with Crippen LogP contribution >= 0.6 is 0 Å². The predicted octanol–water partition coefficient (Wildman–Crippen LogP) is 2.43. The number of nitrogens with one attached hydrogen (secondary N) is 1. The molecule has 1 heterocycles. The molecule has 0 aromatic carbocycles. The second-order valence-electron chi connectivity index (χ2n) is 8.16. The molecular weight excluding hydrogens is 264 g/mol. The second kappa shape index (κ2) is 6.25. The van der Waals surface area contributed by atoms with Gasteiger partial charge in [0.1, 0.15) is 5.54 Å². The lowest BCUT2D eigenvalue weighted by atomic mass is 9.75. The third-order valence-corrected chi connectivity index (χ3v) is 5.09. The fraction of sp³-hybridized carbons (Fsp3) is 0.941. The van der Waals surface area contributed by atoms with Gasteiger partial charge < -0.3 is 9.64 Å². The normalized spacial score (nSPS) is 24.6. The maximum atomic E-state index is 12.2. The molecule has 1 N–H and O–H groups in total. The van der Waals surface area contributed by atoms with Crippen molar-refractivity contribution >= 4 is 5.97 Å². The van der Waals surface area contributed by atoms with Gasteiger partial charge >= 0.3 is 5.97 Å². The van der Waals surface area contributed by atoms with Gasteiger partial charge in [0.15, 0.2) is 0 Å². The maximum Gasteiger partial charge on any atom is 0.327 e. The Balaban J connectivity index is 1.91. The number of carbonyl (C=O) groups is 1. The molecular formula is C17H32N2O2. The lowest BCUT2D eigenvalue weighted by molar-refractivity contribution is -0.149. The van der Waals surface area contributed by atoms with Gasteiger partial charge in [-0.2, -0.15) is 0 Å². The average Bonchev–Trinajstić information content (AvgIpc) is 3.21. The quantitative estimate of drug-likeness (QED) is 0.791. The number of methoxy groups -OCH3 is 1. The van der Waals surface area contributed by atoms with E-state index in [4.69, 9.17) is 4.74 Å². The van der Waals surface area contributed by atoms with Crippen molar-refractivity contribution in [3.8, 4) is 0 Å².